The van der Waals surface area contributed by atoms with Gasteiger partial charge in [-0.25, -0.2) is 0 Å². The Bertz CT molecular complexity index is 297. The van der Waals surface area contributed by atoms with Gasteiger partial charge in [-0.2, -0.15) is 0 Å². The fourth-order valence-corrected chi connectivity index (χ4v) is 1.39. The molecule has 0 fully saturated rings. The number of phenols is 1. The van der Waals surface area contributed by atoms with E-state index in [0.29, 0.717) is 10.6 Å². The second kappa shape index (κ2) is 3.33. The lowest BCUT2D eigenvalue weighted by molar-refractivity contribution is 0.459. The van der Waals surface area contributed by atoms with Gasteiger partial charge in [-0.3, -0.25) is 0 Å². The zero-order valence-corrected chi connectivity index (χ0v) is 7.89. The lowest BCUT2D eigenvalue weighted by Crippen LogP contribution is -2.05. The first kappa shape index (κ1) is 9.36. The second-order valence-corrected chi connectivity index (χ2v) is 3.39. The smallest absolute Gasteiger partial charge is 0.123 e. The normalized spacial score (nSPS) is 13.0. The summed E-state index contributed by atoms with van der Waals surface area (Å²) in [7, 11) is 0. The Labute approximate surface area is 77.0 Å². The van der Waals surface area contributed by atoms with Gasteiger partial charge in [0.15, 0.2) is 0 Å². The number of aryl methyl sites for hydroxylation is 1. The van der Waals surface area contributed by atoms with Crippen LogP contribution in [0.4, 0.5) is 0 Å². The van der Waals surface area contributed by atoms with Gasteiger partial charge in [-0.05, 0) is 31.5 Å². The molecule has 0 amide bonds. The summed E-state index contributed by atoms with van der Waals surface area (Å²) in [6, 6.07) is 3.21. The molecule has 3 N–H and O–H groups in total. The number of nitrogens with two attached hydrogens (primary N) is 1. The van der Waals surface area contributed by atoms with Gasteiger partial charge in [0.1, 0.15) is 5.75 Å². The summed E-state index contributed by atoms with van der Waals surface area (Å²) in [4.78, 5) is 0. The maximum absolute atomic E-state index is 9.55. The van der Waals surface area contributed by atoms with Crippen LogP contribution >= 0.6 is 11.6 Å². The van der Waals surface area contributed by atoms with E-state index in [1.807, 2.05) is 6.92 Å². The fraction of sp³-hybridized carbons (Fsp3) is 0.333. The molecule has 0 spiro atoms. The Kier molecular flexibility index (Phi) is 2.60. The number of hydrogen-bond donors (Lipinski definition) is 2. The van der Waals surface area contributed by atoms with Crippen LogP contribution in [0.5, 0.6) is 5.75 Å². The van der Waals surface area contributed by atoms with Crippen molar-refractivity contribution >= 4 is 11.6 Å². The zero-order valence-electron chi connectivity index (χ0n) is 7.13. The van der Waals surface area contributed by atoms with Gasteiger partial charge in [0.25, 0.3) is 0 Å². The van der Waals surface area contributed by atoms with Crippen molar-refractivity contribution in [1.82, 2.24) is 0 Å². The van der Waals surface area contributed by atoms with Crippen molar-refractivity contribution in [1.29, 1.82) is 0 Å². The molecule has 2 nitrogen and oxygen atoms in total. The Hall–Kier alpha value is -0.730. The average molecular weight is 186 g/mol. The molecule has 0 aliphatic rings. The topological polar surface area (TPSA) is 46.2 Å². The number of phenolic OH excluding ortho intramolecular Hbond substituents is 1. The van der Waals surface area contributed by atoms with Crippen molar-refractivity contribution in [3.63, 3.8) is 0 Å². The summed E-state index contributed by atoms with van der Waals surface area (Å²) < 4.78 is 0. The van der Waals surface area contributed by atoms with Crippen molar-refractivity contribution < 1.29 is 5.11 Å². The third kappa shape index (κ3) is 1.71. The summed E-state index contributed by atoms with van der Waals surface area (Å²) in [6.07, 6.45) is 0. The van der Waals surface area contributed by atoms with Crippen LogP contribution in [-0.4, -0.2) is 5.11 Å². The fourth-order valence-electron chi connectivity index (χ4n) is 1.11. The minimum atomic E-state index is -0.192. The number of aromatic hydroxyl groups is 1. The Balaban J connectivity index is 3.28. The summed E-state index contributed by atoms with van der Waals surface area (Å²) in [5.41, 5.74) is 7.09. The highest BCUT2D eigenvalue weighted by molar-refractivity contribution is 6.30. The lowest BCUT2D eigenvalue weighted by Gasteiger charge is -2.10. The number of benzene rings is 1. The van der Waals surface area contributed by atoms with E-state index in [-0.39, 0.29) is 11.8 Å². The minimum absolute atomic E-state index is 0.192. The van der Waals surface area contributed by atoms with Gasteiger partial charge in [0.2, 0.25) is 0 Å². The van der Waals surface area contributed by atoms with Crippen LogP contribution in [0, 0.1) is 6.92 Å². The molecule has 1 aromatic rings. The molecule has 0 aliphatic carbocycles. The monoisotopic (exact) mass is 185 g/mol. The second-order valence-electron chi connectivity index (χ2n) is 2.95. The largest absolute Gasteiger partial charge is 0.507 e. The number of halogens is 1. The molecular formula is C9H12ClNO. The van der Waals surface area contributed by atoms with Gasteiger partial charge < -0.3 is 10.8 Å². The first-order chi connectivity index (χ1) is 5.52. The van der Waals surface area contributed by atoms with Crippen molar-refractivity contribution in [2.75, 3.05) is 0 Å². The van der Waals surface area contributed by atoms with E-state index < -0.39 is 0 Å². The van der Waals surface area contributed by atoms with Crippen LogP contribution in [0.1, 0.15) is 24.1 Å². The van der Waals surface area contributed by atoms with Gasteiger partial charge in [0, 0.05) is 16.6 Å². The maximum atomic E-state index is 9.55. The van der Waals surface area contributed by atoms with E-state index >= 15 is 0 Å². The van der Waals surface area contributed by atoms with Crippen molar-refractivity contribution in [3.05, 3.63) is 28.3 Å². The van der Waals surface area contributed by atoms with Gasteiger partial charge in [-0.15, -0.1) is 0 Å². The molecule has 3 heteroatoms. The third-order valence-corrected chi connectivity index (χ3v) is 2.00. The SMILES string of the molecule is Cc1cc(Cl)cc(C(C)N)c1O. The summed E-state index contributed by atoms with van der Waals surface area (Å²) in [5.74, 6) is 0.245. The molecule has 0 radical (unpaired) electrons. The van der Waals surface area contributed by atoms with Gasteiger partial charge in [-0.1, -0.05) is 11.6 Å². The third-order valence-electron chi connectivity index (χ3n) is 1.79. The minimum Gasteiger partial charge on any atom is -0.507 e. The molecular weight excluding hydrogens is 174 g/mol. The quantitative estimate of drug-likeness (QED) is 0.706. The summed E-state index contributed by atoms with van der Waals surface area (Å²) in [5, 5.41) is 10.2. The number of rotatable bonds is 1. The van der Waals surface area contributed by atoms with Crippen LogP contribution in [-0.2, 0) is 0 Å². The molecule has 12 heavy (non-hydrogen) atoms. The van der Waals surface area contributed by atoms with Crippen LogP contribution in [0.2, 0.25) is 5.02 Å². The lowest BCUT2D eigenvalue weighted by atomic mass is 10.0. The predicted molar refractivity (Wildman–Crippen MR) is 50.5 cm³/mol. The van der Waals surface area contributed by atoms with Crippen molar-refractivity contribution in [2.24, 2.45) is 5.73 Å². The molecule has 1 rings (SSSR count). The van der Waals surface area contributed by atoms with Crippen molar-refractivity contribution in [2.45, 2.75) is 19.9 Å². The van der Waals surface area contributed by atoms with Crippen LogP contribution in [0.15, 0.2) is 12.1 Å². The Morgan fingerprint density at radius 3 is 2.58 bits per heavy atom. The van der Waals surface area contributed by atoms with Crippen LogP contribution < -0.4 is 5.73 Å². The standard InChI is InChI=1S/C9H12ClNO/c1-5-3-7(10)4-8(6(2)11)9(5)12/h3-4,6,12H,11H2,1-2H3. The molecule has 0 heterocycles. The van der Waals surface area contributed by atoms with Gasteiger partial charge >= 0.3 is 0 Å². The van der Waals surface area contributed by atoms with E-state index in [1.54, 1.807) is 19.1 Å². The molecule has 1 atom stereocenters. The molecule has 0 saturated carbocycles. The van der Waals surface area contributed by atoms with Crippen LogP contribution in [0.25, 0.3) is 0 Å². The first-order valence-electron chi connectivity index (χ1n) is 3.77. The predicted octanol–water partition coefficient (Wildman–Crippen LogP) is 2.37. The zero-order chi connectivity index (χ0) is 9.30. The highest BCUT2D eigenvalue weighted by atomic mass is 35.5. The summed E-state index contributed by atoms with van der Waals surface area (Å²) in [6.45, 7) is 3.61. The Morgan fingerprint density at radius 2 is 2.08 bits per heavy atom. The Morgan fingerprint density at radius 1 is 1.50 bits per heavy atom. The maximum Gasteiger partial charge on any atom is 0.123 e. The van der Waals surface area contributed by atoms with E-state index in [2.05, 4.69) is 0 Å². The van der Waals surface area contributed by atoms with Gasteiger partial charge in [0.05, 0.1) is 0 Å². The highest BCUT2D eigenvalue weighted by Gasteiger charge is 2.09. The van der Waals surface area contributed by atoms with E-state index in [4.69, 9.17) is 17.3 Å². The molecule has 0 aliphatic heterocycles. The summed E-state index contributed by atoms with van der Waals surface area (Å²) >= 11 is 5.80. The highest BCUT2D eigenvalue weighted by Crippen LogP contribution is 2.29. The van der Waals surface area contributed by atoms with E-state index in [9.17, 15) is 5.11 Å². The average Bonchev–Trinajstić information content (AvgIpc) is 1.96. The van der Waals surface area contributed by atoms with Crippen molar-refractivity contribution in [3.8, 4) is 5.75 Å². The molecule has 66 valence electrons. The van der Waals surface area contributed by atoms with E-state index in [0.717, 1.165) is 5.56 Å². The molecule has 0 saturated heterocycles. The van der Waals surface area contributed by atoms with E-state index in [1.165, 1.54) is 0 Å². The molecule has 0 aromatic heterocycles. The van der Waals surface area contributed by atoms with Crippen LogP contribution in [0.3, 0.4) is 0 Å². The number of hydrogen-bond acceptors (Lipinski definition) is 2. The first-order valence-corrected chi connectivity index (χ1v) is 4.14. The molecule has 0 bridgehead atoms. The molecule has 1 unspecified atom stereocenters. The molecule has 1 aromatic carbocycles.